The molecular formula is C9H12N2O3. The predicted octanol–water partition coefficient (Wildman–Crippen LogP) is 0.282. The van der Waals surface area contributed by atoms with Gasteiger partial charge in [0.25, 0.3) is 0 Å². The number of ether oxygens (including phenoxy) is 1. The van der Waals surface area contributed by atoms with Crippen molar-refractivity contribution in [3.05, 3.63) is 29.3 Å². The van der Waals surface area contributed by atoms with Crippen molar-refractivity contribution in [2.45, 2.75) is 6.61 Å². The first kappa shape index (κ1) is 10.3. The molecule has 5 heteroatoms. The van der Waals surface area contributed by atoms with Gasteiger partial charge in [-0.25, -0.2) is 0 Å². The lowest BCUT2D eigenvalue weighted by atomic mass is 10.1. The minimum absolute atomic E-state index is 0.0219. The van der Waals surface area contributed by atoms with Crippen molar-refractivity contribution in [3.8, 4) is 5.75 Å². The van der Waals surface area contributed by atoms with E-state index < -0.39 is 0 Å². The lowest BCUT2D eigenvalue weighted by Gasteiger charge is -2.08. The van der Waals surface area contributed by atoms with E-state index in [0.717, 1.165) is 0 Å². The Kier molecular flexibility index (Phi) is 3.30. The van der Waals surface area contributed by atoms with E-state index in [4.69, 9.17) is 20.8 Å². The lowest BCUT2D eigenvalue weighted by Crippen LogP contribution is -2.14. The van der Waals surface area contributed by atoms with Crippen LogP contribution < -0.4 is 10.5 Å². The van der Waals surface area contributed by atoms with Gasteiger partial charge in [0.15, 0.2) is 5.84 Å². The van der Waals surface area contributed by atoms with E-state index in [-0.39, 0.29) is 12.4 Å². The van der Waals surface area contributed by atoms with Crippen LogP contribution >= 0.6 is 0 Å². The van der Waals surface area contributed by atoms with Crippen molar-refractivity contribution in [2.75, 3.05) is 7.11 Å². The zero-order valence-electron chi connectivity index (χ0n) is 7.77. The number of nitrogens with zero attached hydrogens (tertiary/aromatic N) is 1. The maximum atomic E-state index is 8.88. The van der Waals surface area contributed by atoms with Crippen molar-refractivity contribution in [3.63, 3.8) is 0 Å². The van der Waals surface area contributed by atoms with E-state index in [0.29, 0.717) is 16.9 Å². The first-order chi connectivity index (χ1) is 6.72. The standard InChI is InChI=1S/C9H12N2O3/c1-14-8-4-6(5-12)2-3-7(8)9(10)11-13/h2-4,12-13H,5H2,1H3,(H2,10,11). The molecule has 0 radical (unpaired) electrons. The van der Waals surface area contributed by atoms with E-state index in [2.05, 4.69) is 5.16 Å². The van der Waals surface area contributed by atoms with Gasteiger partial charge in [0.1, 0.15) is 5.75 Å². The molecule has 0 aliphatic heterocycles. The zero-order valence-corrected chi connectivity index (χ0v) is 7.77. The molecule has 1 aromatic rings. The van der Waals surface area contributed by atoms with E-state index in [1.165, 1.54) is 7.11 Å². The van der Waals surface area contributed by atoms with Crippen LogP contribution in [-0.2, 0) is 6.61 Å². The molecule has 0 fully saturated rings. The van der Waals surface area contributed by atoms with Gasteiger partial charge in [-0.2, -0.15) is 0 Å². The van der Waals surface area contributed by atoms with Gasteiger partial charge < -0.3 is 20.8 Å². The largest absolute Gasteiger partial charge is 0.496 e. The van der Waals surface area contributed by atoms with Crippen LogP contribution in [-0.4, -0.2) is 23.3 Å². The summed E-state index contributed by atoms with van der Waals surface area (Å²) in [6.07, 6.45) is 0. The Morgan fingerprint density at radius 1 is 1.57 bits per heavy atom. The Balaban J connectivity index is 3.18. The molecule has 0 aliphatic carbocycles. The molecule has 5 nitrogen and oxygen atoms in total. The summed E-state index contributed by atoms with van der Waals surface area (Å²) < 4.78 is 5.03. The Morgan fingerprint density at radius 2 is 2.29 bits per heavy atom. The summed E-state index contributed by atoms with van der Waals surface area (Å²) in [6.45, 7) is -0.0766. The predicted molar refractivity (Wildman–Crippen MR) is 51.4 cm³/mol. The molecule has 0 amide bonds. The Labute approximate surface area is 81.4 Å². The quantitative estimate of drug-likeness (QED) is 0.280. The van der Waals surface area contributed by atoms with Gasteiger partial charge in [-0.1, -0.05) is 11.2 Å². The Bertz CT molecular complexity index is 350. The van der Waals surface area contributed by atoms with Crippen molar-refractivity contribution in [2.24, 2.45) is 10.9 Å². The second-order valence-electron chi connectivity index (χ2n) is 2.68. The molecule has 0 atom stereocenters. The second kappa shape index (κ2) is 4.48. The van der Waals surface area contributed by atoms with E-state index >= 15 is 0 Å². The van der Waals surface area contributed by atoms with Crippen molar-refractivity contribution in [1.29, 1.82) is 0 Å². The highest BCUT2D eigenvalue weighted by atomic mass is 16.5. The van der Waals surface area contributed by atoms with Gasteiger partial charge in [-0.15, -0.1) is 0 Å². The van der Waals surface area contributed by atoms with Crippen LogP contribution in [0.15, 0.2) is 23.4 Å². The van der Waals surface area contributed by atoms with Gasteiger partial charge in [0, 0.05) is 0 Å². The molecule has 1 rings (SSSR count). The highest BCUT2D eigenvalue weighted by molar-refractivity contribution is 5.99. The summed E-state index contributed by atoms with van der Waals surface area (Å²) in [4.78, 5) is 0. The van der Waals surface area contributed by atoms with Crippen molar-refractivity contribution < 1.29 is 15.1 Å². The first-order valence-electron chi connectivity index (χ1n) is 3.98. The second-order valence-corrected chi connectivity index (χ2v) is 2.68. The minimum atomic E-state index is -0.0766. The van der Waals surface area contributed by atoms with Gasteiger partial charge in [0.2, 0.25) is 0 Å². The van der Waals surface area contributed by atoms with Crippen LogP contribution in [0, 0.1) is 0 Å². The number of rotatable bonds is 3. The molecule has 76 valence electrons. The van der Waals surface area contributed by atoms with Crippen LogP contribution in [0.1, 0.15) is 11.1 Å². The third-order valence-corrected chi connectivity index (χ3v) is 1.83. The molecule has 0 saturated carbocycles. The molecule has 4 N–H and O–H groups in total. The van der Waals surface area contributed by atoms with Gasteiger partial charge in [-0.05, 0) is 17.7 Å². The number of aliphatic hydroxyl groups is 1. The number of hydrogen-bond donors (Lipinski definition) is 3. The monoisotopic (exact) mass is 196 g/mol. The van der Waals surface area contributed by atoms with E-state index in [1.807, 2.05) is 0 Å². The number of oxime groups is 1. The molecule has 0 aromatic heterocycles. The molecule has 0 bridgehead atoms. The fraction of sp³-hybridized carbons (Fsp3) is 0.222. The number of hydrogen-bond acceptors (Lipinski definition) is 4. The maximum Gasteiger partial charge on any atom is 0.173 e. The zero-order chi connectivity index (χ0) is 10.6. The summed E-state index contributed by atoms with van der Waals surface area (Å²) >= 11 is 0. The topological polar surface area (TPSA) is 88.1 Å². The number of methoxy groups -OCH3 is 1. The number of aliphatic hydroxyl groups excluding tert-OH is 1. The summed E-state index contributed by atoms with van der Waals surface area (Å²) in [6, 6.07) is 4.93. The summed E-state index contributed by atoms with van der Waals surface area (Å²) in [5, 5.41) is 20.2. The third kappa shape index (κ3) is 1.94. The Morgan fingerprint density at radius 3 is 2.79 bits per heavy atom. The van der Waals surface area contributed by atoms with Crippen molar-refractivity contribution in [1.82, 2.24) is 0 Å². The molecule has 0 aliphatic rings. The van der Waals surface area contributed by atoms with Crippen LogP contribution in [0.4, 0.5) is 0 Å². The molecule has 0 heterocycles. The van der Waals surface area contributed by atoms with E-state index in [1.54, 1.807) is 18.2 Å². The Hall–Kier alpha value is -1.75. The van der Waals surface area contributed by atoms with E-state index in [9.17, 15) is 0 Å². The average Bonchev–Trinajstić information content (AvgIpc) is 2.27. The molecular weight excluding hydrogens is 184 g/mol. The molecule has 14 heavy (non-hydrogen) atoms. The van der Waals surface area contributed by atoms with Crippen LogP contribution in [0.2, 0.25) is 0 Å². The summed E-state index contributed by atoms with van der Waals surface area (Å²) in [5.41, 5.74) is 6.62. The fourth-order valence-electron chi connectivity index (χ4n) is 1.10. The van der Waals surface area contributed by atoms with Gasteiger partial charge in [-0.3, -0.25) is 0 Å². The third-order valence-electron chi connectivity index (χ3n) is 1.83. The van der Waals surface area contributed by atoms with Crippen LogP contribution in [0.3, 0.4) is 0 Å². The summed E-state index contributed by atoms with van der Waals surface area (Å²) in [5.74, 6) is 0.443. The highest BCUT2D eigenvalue weighted by Crippen LogP contribution is 2.19. The normalized spacial score (nSPS) is 11.4. The molecule has 0 spiro atoms. The van der Waals surface area contributed by atoms with Gasteiger partial charge >= 0.3 is 0 Å². The highest BCUT2D eigenvalue weighted by Gasteiger charge is 2.07. The number of benzene rings is 1. The first-order valence-corrected chi connectivity index (χ1v) is 3.98. The number of amidine groups is 1. The molecule has 0 unspecified atom stereocenters. The van der Waals surface area contributed by atoms with Crippen LogP contribution in [0.5, 0.6) is 5.75 Å². The van der Waals surface area contributed by atoms with Crippen LogP contribution in [0.25, 0.3) is 0 Å². The lowest BCUT2D eigenvalue weighted by molar-refractivity contribution is 0.281. The molecule has 1 aromatic carbocycles. The smallest absolute Gasteiger partial charge is 0.173 e. The SMILES string of the molecule is COc1cc(CO)ccc1C(N)=NO. The maximum absolute atomic E-state index is 8.88. The number of nitrogens with two attached hydrogens (primary N) is 1. The fourth-order valence-corrected chi connectivity index (χ4v) is 1.10. The molecule has 0 saturated heterocycles. The summed E-state index contributed by atoms with van der Waals surface area (Å²) in [7, 11) is 1.48. The minimum Gasteiger partial charge on any atom is -0.496 e. The average molecular weight is 196 g/mol. The van der Waals surface area contributed by atoms with Crippen molar-refractivity contribution >= 4 is 5.84 Å². The van der Waals surface area contributed by atoms with Gasteiger partial charge in [0.05, 0.1) is 19.3 Å².